The molecule has 0 aliphatic heterocycles. The van der Waals surface area contributed by atoms with E-state index in [2.05, 4.69) is 6.07 Å². The molecule has 1 unspecified atom stereocenters. The molecule has 2 rings (SSSR count). The number of benzene rings is 1. The van der Waals surface area contributed by atoms with Crippen molar-refractivity contribution in [3.63, 3.8) is 0 Å². The SMILES string of the molecule is Cc1cccc(-c2ccc(C(C)O)o2)c1. The largest absolute Gasteiger partial charge is 0.458 e. The Morgan fingerprint density at radius 2 is 2.00 bits per heavy atom. The second-order valence-corrected chi connectivity index (χ2v) is 3.75. The van der Waals surface area contributed by atoms with E-state index in [1.807, 2.05) is 37.3 Å². The lowest BCUT2D eigenvalue weighted by molar-refractivity contribution is 0.170. The van der Waals surface area contributed by atoms with E-state index in [4.69, 9.17) is 4.42 Å². The number of aliphatic hydroxyl groups is 1. The van der Waals surface area contributed by atoms with E-state index in [-0.39, 0.29) is 0 Å². The molecule has 0 amide bonds. The molecule has 0 fully saturated rings. The van der Waals surface area contributed by atoms with E-state index in [1.54, 1.807) is 6.92 Å². The molecule has 1 aromatic carbocycles. The summed E-state index contributed by atoms with van der Waals surface area (Å²) in [6, 6.07) is 11.8. The van der Waals surface area contributed by atoms with Crippen molar-refractivity contribution in [3.8, 4) is 11.3 Å². The summed E-state index contributed by atoms with van der Waals surface area (Å²) in [5, 5.41) is 9.34. The van der Waals surface area contributed by atoms with Crippen molar-refractivity contribution in [2.24, 2.45) is 0 Å². The standard InChI is InChI=1S/C13H14O2/c1-9-4-3-5-11(8-9)13-7-6-12(15-13)10(2)14/h3-8,10,14H,1-2H3. The highest BCUT2D eigenvalue weighted by Gasteiger charge is 2.08. The van der Waals surface area contributed by atoms with Gasteiger partial charge in [-0.25, -0.2) is 0 Å². The van der Waals surface area contributed by atoms with Gasteiger partial charge in [-0.3, -0.25) is 0 Å². The lowest BCUT2D eigenvalue weighted by atomic mass is 10.1. The van der Waals surface area contributed by atoms with Gasteiger partial charge < -0.3 is 9.52 Å². The highest BCUT2D eigenvalue weighted by molar-refractivity contribution is 5.58. The van der Waals surface area contributed by atoms with Gasteiger partial charge in [0.05, 0.1) is 0 Å². The van der Waals surface area contributed by atoms with Crippen LogP contribution in [-0.4, -0.2) is 5.11 Å². The first kappa shape index (κ1) is 9.99. The third-order valence-electron chi connectivity index (χ3n) is 2.34. The Morgan fingerprint density at radius 1 is 1.20 bits per heavy atom. The molecule has 0 bridgehead atoms. The molecule has 0 aliphatic rings. The van der Waals surface area contributed by atoms with Gasteiger partial charge in [-0.05, 0) is 32.0 Å². The summed E-state index contributed by atoms with van der Waals surface area (Å²) in [7, 11) is 0. The Hall–Kier alpha value is -1.54. The van der Waals surface area contributed by atoms with Crippen LogP contribution in [0.2, 0.25) is 0 Å². The second kappa shape index (κ2) is 3.91. The van der Waals surface area contributed by atoms with Gasteiger partial charge in [0.1, 0.15) is 17.6 Å². The third-order valence-corrected chi connectivity index (χ3v) is 2.34. The van der Waals surface area contributed by atoms with Gasteiger partial charge in [-0.2, -0.15) is 0 Å². The van der Waals surface area contributed by atoms with Gasteiger partial charge in [-0.15, -0.1) is 0 Å². The zero-order valence-electron chi connectivity index (χ0n) is 8.90. The maximum absolute atomic E-state index is 9.34. The van der Waals surface area contributed by atoms with Crippen LogP contribution in [0.5, 0.6) is 0 Å². The Balaban J connectivity index is 2.37. The van der Waals surface area contributed by atoms with Gasteiger partial charge in [0.2, 0.25) is 0 Å². The van der Waals surface area contributed by atoms with E-state index in [9.17, 15) is 5.11 Å². The van der Waals surface area contributed by atoms with Crippen LogP contribution in [0.15, 0.2) is 40.8 Å². The van der Waals surface area contributed by atoms with Crippen LogP contribution in [0, 0.1) is 6.92 Å². The first-order valence-electron chi connectivity index (χ1n) is 5.01. The van der Waals surface area contributed by atoms with E-state index >= 15 is 0 Å². The molecule has 2 nitrogen and oxygen atoms in total. The second-order valence-electron chi connectivity index (χ2n) is 3.75. The Labute approximate surface area is 89.2 Å². The summed E-state index contributed by atoms with van der Waals surface area (Å²) in [5.41, 5.74) is 2.24. The third kappa shape index (κ3) is 2.10. The number of aliphatic hydroxyl groups excluding tert-OH is 1. The van der Waals surface area contributed by atoms with Gasteiger partial charge in [0.25, 0.3) is 0 Å². The molecule has 1 heterocycles. The molecule has 15 heavy (non-hydrogen) atoms. The van der Waals surface area contributed by atoms with Crippen LogP contribution in [0.25, 0.3) is 11.3 Å². The van der Waals surface area contributed by atoms with Crippen molar-refractivity contribution in [3.05, 3.63) is 47.7 Å². The summed E-state index contributed by atoms with van der Waals surface area (Å²) < 4.78 is 5.54. The first-order chi connectivity index (χ1) is 7.16. The molecule has 0 saturated carbocycles. The van der Waals surface area contributed by atoms with E-state index in [0.717, 1.165) is 11.3 Å². The summed E-state index contributed by atoms with van der Waals surface area (Å²) in [5.74, 6) is 1.40. The molecular formula is C13H14O2. The minimum absolute atomic E-state index is 0.552. The molecule has 78 valence electrons. The molecule has 2 heteroatoms. The first-order valence-corrected chi connectivity index (χ1v) is 5.01. The molecule has 0 aliphatic carbocycles. The Bertz CT molecular complexity index is 455. The Kier molecular flexibility index (Phi) is 2.60. The zero-order chi connectivity index (χ0) is 10.8. The lowest BCUT2D eigenvalue weighted by Gasteiger charge is -2.00. The fraction of sp³-hybridized carbons (Fsp3) is 0.231. The fourth-order valence-electron chi connectivity index (χ4n) is 1.53. The molecule has 1 aromatic heterocycles. The van der Waals surface area contributed by atoms with Gasteiger partial charge in [0.15, 0.2) is 0 Å². The van der Waals surface area contributed by atoms with Crippen molar-refractivity contribution in [1.82, 2.24) is 0 Å². The number of aryl methyl sites for hydroxylation is 1. The van der Waals surface area contributed by atoms with Gasteiger partial charge >= 0.3 is 0 Å². The maximum Gasteiger partial charge on any atom is 0.134 e. The average molecular weight is 202 g/mol. The molecule has 1 N–H and O–H groups in total. The lowest BCUT2D eigenvalue weighted by Crippen LogP contribution is -1.85. The quantitative estimate of drug-likeness (QED) is 0.810. The molecule has 0 saturated heterocycles. The minimum Gasteiger partial charge on any atom is -0.458 e. The summed E-state index contributed by atoms with van der Waals surface area (Å²) in [4.78, 5) is 0. The van der Waals surface area contributed by atoms with Gasteiger partial charge in [-0.1, -0.05) is 23.8 Å². The van der Waals surface area contributed by atoms with Crippen LogP contribution in [-0.2, 0) is 0 Å². The normalized spacial score (nSPS) is 12.7. The highest BCUT2D eigenvalue weighted by Crippen LogP contribution is 2.25. The monoisotopic (exact) mass is 202 g/mol. The number of rotatable bonds is 2. The maximum atomic E-state index is 9.34. The zero-order valence-corrected chi connectivity index (χ0v) is 8.90. The predicted octanol–water partition coefficient (Wildman–Crippen LogP) is 3.31. The van der Waals surface area contributed by atoms with Crippen molar-refractivity contribution in [2.45, 2.75) is 20.0 Å². The molecule has 2 aromatic rings. The van der Waals surface area contributed by atoms with Crippen molar-refractivity contribution >= 4 is 0 Å². The van der Waals surface area contributed by atoms with Gasteiger partial charge in [0, 0.05) is 5.56 Å². The highest BCUT2D eigenvalue weighted by atomic mass is 16.4. The number of furan rings is 1. The van der Waals surface area contributed by atoms with Crippen LogP contribution in [0.4, 0.5) is 0 Å². The molecular weight excluding hydrogens is 188 g/mol. The van der Waals surface area contributed by atoms with Crippen molar-refractivity contribution < 1.29 is 9.52 Å². The van der Waals surface area contributed by atoms with Crippen LogP contribution < -0.4 is 0 Å². The van der Waals surface area contributed by atoms with Crippen molar-refractivity contribution in [1.29, 1.82) is 0 Å². The smallest absolute Gasteiger partial charge is 0.134 e. The Morgan fingerprint density at radius 3 is 2.60 bits per heavy atom. The topological polar surface area (TPSA) is 33.4 Å². The van der Waals surface area contributed by atoms with E-state index in [0.29, 0.717) is 5.76 Å². The van der Waals surface area contributed by atoms with Crippen LogP contribution in [0.1, 0.15) is 24.4 Å². The fourth-order valence-corrected chi connectivity index (χ4v) is 1.53. The summed E-state index contributed by atoms with van der Waals surface area (Å²) >= 11 is 0. The average Bonchev–Trinajstić information content (AvgIpc) is 2.66. The number of hydrogen-bond acceptors (Lipinski definition) is 2. The molecule has 1 atom stereocenters. The van der Waals surface area contributed by atoms with Crippen molar-refractivity contribution in [2.75, 3.05) is 0 Å². The van der Waals surface area contributed by atoms with E-state index < -0.39 is 6.10 Å². The van der Waals surface area contributed by atoms with Crippen LogP contribution in [0.3, 0.4) is 0 Å². The molecule has 0 radical (unpaired) electrons. The summed E-state index contributed by atoms with van der Waals surface area (Å²) in [6.07, 6.45) is -0.552. The van der Waals surface area contributed by atoms with Crippen LogP contribution >= 0.6 is 0 Å². The van der Waals surface area contributed by atoms with E-state index in [1.165, 1.54) is 5.56 Å². The summed E-state index contributed by atoms with van der Waals surface area (Å²) in [6.45, 7) is 3.74. The predicted molar refractivity (Wildman–Crippen MR) is 59.5 cm³/mol. The minimum atomic E-state index is -0.552. The molecule has 0 spiro atoms. The number of hydrogen-bond donors (Lipinski definition) is 1.